The molecule has 1 saturated heterocycles. The van der Waals surface area contributed by atoms with Crippen molar-refractivity contribution < 1.29 is 19.1 Å². The van der Waals surface area contributed by atoms with Crippen LogP contribution in [0, 0.1) is 6.92 Å². The van der Waals surface area contributed by atoms with E-state index in [1.54, 1.807) is 49.1 Å². The first-order chi connectivity index (χ1) is 13.6. The lowest BCUT2D eigenvalue weighted by molar-refractivity contribution is -0.120. The average Bonchev–Trinajstić information content (AvgIpc) is 3.21. The number of nitrogens with one attached hydrogen (secondary N) is 2. The van der Waals surface area contributed by atoms with Crippen LogP contribution in [0.2, 0.25) is 0 Å². The van der Waals surface area contributed by atoms with Gasteiger partial charge in [0.25, 0.3) is 5.91 Å². The first-order valence-electron chi connectivity index (χ1n) is 9.14. The lowest BCUT2D eigenvalue weighted by atomic mass is 10.0. The van der Waals surface area contributed by atoms with Gasteiger partial charge in [0, 0.05) is 5.69 Å². The summed E-state index contributed by atoms with van der Waals surface area (Å²) in [5.74, 6) is -0.726. The molecule has 0 saturated carbocycles. The highest BCUT2D eigenvalue weighted by Gasteiger charge is 2.33. The molecule has 0 aliphatic carbocycles. The fourth-order valence-corrected chi connectivity index (χ4v) is 3.69. The summed E-state index contributed by atoms with van der Waals surface area (Å²) in [5, 5.41) is 5.54. The standard InChI is InChI=1S/C20H22BN3O4S/c1-11-9-13(5-6-14(11)24-12(2)10-28-19(24)27)22-18(26)20(3,4)23-17(25)15-7-8-16(21)29-15/h5-9,12H,10H2,1-4H3,(H,22,26)(H,23,25)/t12-/m1/s1. The van der Waals surface area contributed by atoms with Gasteiger partial charge in [0.05, 0.1) is 16.6 Å². The highest BCUT2D eigenvalue weighted by molar-refractivity contribution is 7.21. The highest BCUT2D eigenvalue weighted by atomic mass is 32.1. The molecule has 0 bridgehead atoms. The van der Waals surface area contributed by atoms with Gasteiger partial charge in [-0.2, -0.15) is 0 Å². The number of ether oxygens (including phenoxy) is 1. The fraction of sp³-hybridized carbons (Fsp3) is 0.350. The van der Waals surface area contributed by atoms with Crippen molar-refractivity contribution >= 4 is 53.2 Å². The van der Waals surface area contributed by atoms with Gasteiger partial charge < -0.3 is 15.4 Å². The van der Waals surface area contributed by atoms with E-state index in [-0.39, 0.29) is 23.9 Å². The Hall–Kier alpha value is -2.81. The molecule has 3 rings (SSSR count). The summed E-state index contributed by atoms with van der Waals surface area (Å²) in [5.41, 5.74) is 0.986. The molecule has 2 aromatic rings. The number of hydrogen-bond donors (Lipinski definition) is 2. The minimum absolute atomic E-state index is 0.0536. The molecule has 1 aromatic heterocycles. The van der Waals surface area contributed by atoms with Crippen LogP contribution in [-0.4, -0.2) is 43.9 Å². The largest absolute Gasteiger partial charge is 0.447 e. The number of anilines is 2. The second-order valence-electron chi connectivity index (χ2n) is 7.53. The van der Waals surface area contributed by atoms with E-state index in [2.05, 4.69) is 10.6 Å². The van der Waals surface area contributed by atoms with E-state index in [9.17, 15) is 14.4 Å². The Bertz CT molecular complexity index is 972. The predicted octanol–water partition coefficient (Wildman–Crippen LogP) is 2.34. The Morgan fingerprint density at radius 2 is 2.00 bits per heavy atom. The first-order valence-corrected chi connectivity index (χ1v) is 9.96. The van der Waals surface area contributed by atoms with E-state index in [1.807, 2.05) is 13.8 Å². The van der Waals surface area contributed by atoms with Crippen molar-refractivity contribution in [3.8, 4) is 0 Å². The molecule has 1 aromatic carbocycles. The molecule has 2 heterocycles. The number of rotatable bonds is 5. The SMILES string of the molecule is [B]c1ccc(C(=O)NC(C)(C)C(=O)Nc2ccc(N3C(=O)OC[C@H]3C)c(C)c2)s1. The van der Waals surface area contributed by atoms with Crippen LogP contribution in [0.15, 0.2) is 30.3 Å². The van der Waals surface area contributed by atoms with Gasteiger partial charge in [-0.05, 0) is 62.3 Å². The number of carbonyl (C=O) groups excluding carboxylic acids is 3. The van der Waals surface area contributed by atoms with Crippen molar-refractivity contribution in [1.82, 2.24) is 5.32 Å². The van der Waals surface area contributed by atoms with Crippen molar-refractivity contribution in [2.24, 2.45) is 0 Å². The minimum Gasteiger partial charge on any atom is -0.447 e. The maximum atomic E-state index is 12.7. The van der Waals surface area contributed by atoms with Gasteiger partial charge in [-0.15, -0.1) is 11.3 Å². The number of carbonyl (C=O) groups is 3. The highest BCUT2D eigenvalue weighted by Crippen LogP contribution is 2.29. The Balaban J connectivity index is 1.70. The van der Waals surface area contributed by atoms with Gasteiger partial charge in [0.15, 0.2) is 0 Å². The summed E-state index contributed by atoms with van der Waals surface area (Å²) in [6.45, 7) is 7.37. The van der Waals surface area contributed by atoms with Crippen LogP contribution in [0.5, 0.6) is 0 Å². The molecule has 0 unspecified atom stereocenters. The van der Waals surface area contributed by atoms with Crippen molar-refractivity contribution in [2.75, 3.05) is 16.8 Å². The maximum Gasteiger partial charge on any atom is 0.414 e. The third kappa shape index (κ3) is 4.45. The summed E-state index contributed by atoms with van der Waals surface area (Å²) in [6, 6.07) is 8.49. The maximum absolute atomic E-state index is 12.7. The first kappa shape index (κ1) is 20.9. The van der Waals surface area contributed by atoms with Gasteiger partial charge in [0.2, 0.25) is 5.91 Å². The van der Waals surface area contributed by atoms with Crippen LogP contribution < -0.4 is 20.3 Å². The average molecular weight is 411 g/mol. The minimum atomic E-state index is -1.14. The molecule has 3 amide bonds. The quantitative estimate of drug-likeness (QED) is 0.740. The Labute approximate surface area is 174 Å². The lowest BCUT2D eigenvalue weighted by Gasteiger charge is -2.25. The third-order valence-electron chi connectivity index (χ3n) is 4.64. The van der Waals surface area contributed by atoms with Gasteiger partial charge >= 0.3 is 6.09 Å². The lowest BCUT2D eigenvalue weighted by Crippen LogP contribution is -2.52. The molecule has 1 aliphatic rings. The van der Waals surface area contributed by atoms with Crippen LogP contribution in [-0.2, 0) is 9.53 Å². The number of cyclic esters (lactones) is 1. The van der Waals surface area contributed by atoms with Crippen molar-refractivity contribution in [2.45, 2.75) is 39.3 Å². The number of hydrogen-bond acceptors (Lipinski definition) is 5. The van der Waals surface area contributed by atoms with Crippen molar-refractivity contribution in [3.05, 3.63) is 40.8 Å². The molecule has 1 aliphatic heterocycles. The summed E-state index contributed by atoms with van der Waals surface area (Å²) in [7, 11) is 5.66. The topological polar surface area (TPSA) is 87.7 Å². The van der Waals surface area contributed by atoms with Gasteiger partial charge in [-0.25, -0.2) is 4.79 Å². The van der Waals surface area contributed by atoms with Gasteiger partial charge in [0.1, 0.15) is 20.0 Å². The van der Waals surface area contributed by atoms with Gasteiger partial charge in [-0.3, -0.25) is 14.5 Å². The van der Waals surface area contributed by atoms with Crippen LogP contribution in [0.1, 0.15) is 36.0 Å². The molecular weight excluding hydrogens is 389 g/mol. The van der Waals surface area contributed by atoms with Crippen molar-refractivity contribution in [3.63, 3.8) is 0 Å². The molecular formula is C20H22BN3O4S. The number of amides is 3. The summed E-state index contributed by atoms with van der Waals surface area (Å²) >= 11 is 1.16. The molecule has 150 valence electrons. The predicted molar refractivity (Wildman–Crippen MR) is 114 cm³/mol. The zero-order chi connectivity index (χ0) is 21.3. The molecule has 0 spiro atoms. The molecule has 2 N–H and O–H groups in total. The molecule has 9 heteroatoms. The van der Waals surface area contributed by atoms with E-state index < -0.39 is 5.54 Å². The zero-order valence-corrected chi connectivity index (χ0v) is 17.6. The molecule has 1 atom stereocenters. The monoisotopic (exact) mass is 411 g/mol. The second kappa shape index (κ2) is 7.90. The van der Waals surface area contributed by atoms with E-state index in [1.165, 1.54) is 0 Å². The smallest absolute Gasteiger partial charge is 0.414 e. The van der Waals surface area contributed by atoms with E-state index >= 15 is 0 Å². The molecule has 29 heavy (non-hydrogen) atoms. The molecule has 1 fully saturated rings. The third-order valence-corrected chi connectivity index (χ3v) is 5.56. The molecule has 7 nitrogen and oxygen atoms in total. The number of thiophene rings is 1. The van der Waals surface area contributed by atoms with Crippen LogP contribution in [0.25, 0.3) is 0 Å². The van der Waals surface area contributed by atoms with E-state index in [0.29, 0.717) is 21.9 Å². The van der Waals surface area contributed by atoms with Crippen molar-refractivity contribution in [1.29, 1.82) is 0 Å². The summed E-state index contributed by atoms with van der Waals surface area (Å²) in [6.07, 6.45) is -0.379. The normalized spacial score (nSPS) is 16.5. The summed E-state index contributed by atoms with van der Waals surface area (Å²) in [4.78, 5) is 39.1. The molecule has 2 radical (unpaired) electrons. The Morgan fingerprint density at radius 1 is 1.28 bits per heavy atom. The van der Waals surface area contributed by atoms with E-state index in [4.69, 9.17) is 12.6 Å². The summed E-state index contributed by atoms with van der Waals surface area (Å²) < 4.78 is 5.60. The van der Waals surface area contributed by atoms with Crippen LogP contribution >= 0.6 is 11.3 Å². The van der Waals surface area contributed by atoms with E-state index in [0.717, 1.165) is 22.6 Å². The zero-order valence-electron chi connectivity index (χ0n) is 16.7. The van der Waals surface area contributed by atoms with Crippen LogP contribution in [0.3, 0.4) is 0 Å². The number of aryl methyl sites for hydroxylation is 1. The Kier molecular flexibility index (Phi) is 5.70. The second-order valence-corrected chi connectivity index (χ2v) is 8.65. The number of benzene rings is 1. The van der Waals surface area contributed by atoms with Gasteiger partial charge in [-0.1, -0.05) is 6.07 Å². The Morgan fingerprint density at radius 3 is 2.55 bits per heavy atom. The number of nitrogens with zero attached hydrogens (tertiary/aromatic N) is 1. The van der Waals surface area contributed by atoms with Crippen LogP contribution in [0.4, 0.5) is 16.2 Å². The fourth-order valence-electron chi connectivity index (χ4n) is 3.02.